The maximum Gasteiger partial charge on any atom is 0.323 e. The zero-order chi connectivity index (χ0) is 17.4. The van der Waals surface area contributed by atoms with E-state index in [0.29, 0.717) is 19.0 Å². The minimum atomic E-state index is -0.640. The second-order valence-electron chi connectivity index (χ2n) is 5.42. The Labute approximate surface area is 142 Å². The van der Waals surface area contributed by atoms with Gasteiger partial charge < -0.3 is 14.7 Å². The Kier molecular flexibility index (Phi) is 6.57. The Balaban J connectivity index is 2.14. The van der Waals surface area contributed by atoms with Crippen molar-refractivity contribution in [1.29, 1.82) is 0 Å². The van der Waals surface area contributed by atoms with Gasteiger partial charge >= 0.3 is 6.03 Å². The third-order valence-electron chi connectivity index (χ3n) is 3.31. The lowest BCUT2D eigenvalue weighted by Crippen LogP contribution is -2.39. The minimum absolute atomic E-state index is 0.207. The van der Waals surface area contributed by atoms with E-state index in [1.54, 1.807) is 31.3 Å². The molecule has 0 saturated heterocycles. The van der Waals surface area contributed by atoms with Crippen molar-refractivity contribution in [2.45, 2.75) is 26.5 Å². The van der Waals surface area contributed by atoms with Gasteiger partial charge in [-0.2, -0.15) is 0 Å². The highest BCUT2D eigenvalue weighted by Crippen LogP contribution is 2.20. The summed E-state index contributed by atoms with van der Waals surface area (Å²) in [5.41, 5.74) is 0.885. The first-order chi connectivity index (χ1) is 11.6. The van der Waals surface area contributed by atoms with E-state index < -0.39 is 6.10 Å². The first-order valence-corrected chi connectivity index (χ1v) is 7.96. The first kappa shape index (κ1) is 17.7. The van der Waals surface area contributed by atoms with Crippen LogP contribution in [-0.2, 0) is 6.54 Å². The average Bonchev–Trinajstić information content (AvgIpc) is 2.56. The second kappa shape index (κ2) is 8.88. The molecule has 2 aromatic rings. The predicted octanol–water partition coefficient (Wildman–Crippen LogP) is 2.90. The number of nitrogens with zero attached hydrogens (tertiary/aromatic N) is 2. The molecule has 0 bridgehead atoms. The number of aliphatic hydroxyl groups excluding tert-OH is 1. The number of para-hydroxylation sites is 1. The lowest BCUT2D eigenvalue weighted by atomic mass is 10.2. The van der Waals surface area contributed by atoms with Crippen LogP contribution >= 0.6 is 0 Å². The Morgan fingerprint density at radius 1 is 1.29 bits per heavy atom. The number of aromatic nitrogens is 1. The number of anilines is 1. The number of pyridine rings is 1. The van der Waals surface area contributed by atoms with Crippen molar-refractivity contribution in [2.24, 2.45) is 0 Å². The van der Waals surface area contributed by atoms with Gasteiger partial charge in [-0.05, 0) is 32.0 Å². The Morgan fingerprint density at radius 3 is 2.71 bits per heavy atom. The third-order valence-corrected chi connectivity index (χ3v) is 3.31. The van der Waals surface area contributed by atoms with Gasteiger partial charge in [-0.15, -0.1) is 0 Å². The van der Waals surface area contributed by atoms with Crippen LogP contribution in [-0.4, -0.2) is 40.3 Å². The normalized spacial score (nSPS) is 11.6. The largest absolute Gasteiger partial charge is 0.494 e. The van der Waals surface area contributed by atoms with Gasteiger partial charge in [0.2, 0.25) is 0 Å². The number of carbonyl (C=O) groups excluding carboxylic acids is 1. The molecule has 0 radical (unpaired) electrons. The SMILES string of the molecule is CCOc1ccccc1CN(CC(C)O)C(=O)Nc1ccccn1. The van der Waals surface area contributed by atoms with Crippen molar-refractivity contribution in [1.82, 2.24) is 9.88 Å². The number of urea groups is 1. The Bertz CT molecular complexity index is 647. The minimum Gasteiger partial charge on any atom is -0.494 e. The number of aliphatic hydroxyl groups is 1. The third kappa shape index (κ3) is 5.24. The number of nitrogens with one attached hydrogen (secondary N) is 1. The van der Waals surface area contributed by atoms with Gasteiger partial charge in [-0.3, -0.25) is 5.32 Å². The summed E-state index contributed by atoms with van der Waals surface area (Å²) >= 11 is 0. The molecule has 6 nitrogen and oxygen atoms in total. The van der Waals surface area contributed by atoms with Crippen LogP contribution in [0.3, 0.4) is 0 Å². The van der Waals surface area contributed by atoms with Gasteiger partial charge in [-0.25, -0.2) is 9.78 Å². The van der Waals surface area contributed by atoms with Crippen LogP contribution in [0.15, 0.2) is 48.7 Å². The number of hydrogen-bond donors (Lipinski definition) is 2. The molecule has 0 fully saturated rings. The standard InChI is InChI=1S/C18H23N3O3/c1-3-24-16-9-5-4-8-15(16)13-21(12-14(2)22)18(23)20-17-10-6-7-11-19-17/h4-11,14,22H,3,12-13H2,1-2H3,(H,19,20,23). The molecule has 0 aliphatic heterocycles. The summed E-state index contributed by atoms with van der Waals surface area (Å²) < 4.78 is 5.61. The average molecular weight is 329 g/mol. The van der Waals surface area contributed by atoms with Crippen molar-refractivity contribution < 1.29 is 14.6 Å². The van der Waals surface area contributed by atoms with Crippen LogP contribution in [0.1, 0.15) is 19.4 Å². The van der Waals surface area contributed by atoms with Crippen LogP contribution in [0.4, 0.5) is 10.6 Å². The number of amides is 2. The van der Waals surface area contributed by atoms with Crippen molar-refractivity contribution in [3.05, 3.63) is 54.2 Å². The van der Waals surface area contributed by atoms with Gasteiger partial charge in [-0.1, -0.05) is 24.3 Å². The van der Waals surface area contributed by atoms with Crippen LogP contribution in [0, 0.1) is 0 Å². The molecule has 1 aromatic heterocycles. The van der Waals surface area contributed by atoms with Crippen molar-refractivity contribution in [2.75, 3.05) is 18.5 Å². The van der Waals surface area contributed by atoms with E-state index >= 15 is 0 Å². The summed E-state index contributed by atoms with van der Waals surface area (Å²) in [6.45, 7) is 4.65. The van der Waals surface area contributed by atoms with E-state index in [9.17, 15) is 9.90 Å². The van der Waals surface area contributed by atoms with E-state index in [1.165, 1.54) is 4.90 Å². The highest BCUT2D eigenvalue weighted by molar-refractivity contribution is 5.88. The molecule has 24 heavy (non-hydrogen) atoms. The zero-order valence-corrected chi connectivity index (χ0v) is 14.0. The number of rotatable bonds is 7. The molecule has 0 saturated carbocycles. The number of carbonyl (C=O) groups is 1. The molecule has 1 atom stereocenters. The van der Waals surface area contributed by atoms with Crippen molar-refractivity contribution >= 4 is 11.8 Å². The molecule has 6 heteroatoms. The lowest BCUT2D eigenvalue weighted by Gasteiger charge is -2.25. The summed E-state index contributed by atoms with van der Waals surface area (Å²) in [4.78, 5) is 18.2. The fraction of sp³-hybridized carbons (Fsp3) is 0.333. The molecule has 1 unspecified atom stereocenters. The fourth-order valence-corrected chi connectivity index (χ4v) is 2.30. The molecular weight excluding hydrogens is 306 g/mol. The van der Waals surface area contributed by atoms with Gasteiger partial charge in [0.05, 0.1) is 19.3 Å². The monoisotopic (exact) mass is 329 g/mol. The predicted molar refractivity (Wildman–Crippen MR) is 93.0 cm³/mol. The van der Waals surface area contributed by atoms with Crippen molar-refractivity contribution in [3.8, 4) is 5.75 Å². The summed E-state index contributed by atoms with van der Waals surface area (Å²) in [6, 6.07) is 12.5. The van der Waals surface area contributed by atoms with Crippen molar-refractivity contribution in [3.63, 3.8) is 0 Å². The van der Waals surface area contributed by atoms with E-state index in [2.05, 4.69) is 10.3 Å². The summed E-state index contributed by atoms with van der Waals surface area (Å²) in [5.74, 6) is 1.21. The van der Waals surface area contributed by atoms with Crippen LogP contribution in [0.5, 0.6) is 5.75 Å². The smallest absolute Gasteiger partial charge is 0.323 e. The zero-order valence-electron chi connectivity index (χ0n) is 14.0. The number of ether oxygens (including phenoxy) is 1. The van der Waals surface area contributed by atoms with Gasteiger partial charge in [0, 0.05) is 18.3 Å². The first-order valence-electron chi connectivity index (χ1n) is 7.96. The van der Waals surface area contributed by atoms with Crippen LogP contribution < -0.4 is 10.1 Å². The maximum absolute atomic E-state index is 12.5. The molecule has 0 spiro atoms. The topological polar surface area (TPSA) is 74.7 Å². The summed E-state index contributed by atoms with van der Waals surface area (Å²) in [7, 11) is 0. The van der Waals surface area contributed by atoms with Gasteiger partial charge in [0.15, 0.2) is 0 Å². The second-order valence-corrected chi connectivity index (χ2v) is 5.42. The van der Waals surface area contributed by atoms with Gasteiger partial charge in [0.25, 0.3) is 0 Å². The molecule has 128 valence electrons. The lowest BCUT2D eigenvalue weighted by molar-refractivity contribution is 0.135. The van der Waals surface area contributed by atoms with Gasteiger partial charge in [0.1, 0.15) is 11.6 Å². The van der Waals surface area contributed by atoms with E-state index in [1.807, 2.05) is 31.2 Å². The Morgan fingerprint density at radius 2 is 2.04 bits per heavy atom. The Hall–Kier alpha value is -2.60. The van der Waals surface area contributed by atoms with Crippen LogP contribution in [0.2, 0.25) is 0 Å². The van der Waals surface area contributed by atoms with Crippen LogP contribution in [0.25, 0.3) is 0 Å². The summed E-state index contributed by atoms with van der Waals surface area (Å²) in [6.07, 6.45) is 0.970. The molecule has 1 aromatic carbocycles. The summed E-state index contributed by atoms with van der Waals surface area (Å²) in [5, 5.41) is 12.5. The number of hydrogen-bond acceptors (Lipinski definition) is 4. The molecular formula is C18H23N3O3. The number of benzene rings is 1. The molecule has 1 heterocycles. The highest BCUT2D eigenvalue weighted by Gasteiger charge is 2.18. The van der Waals surface area contributed by atoms with E-state index in [4.69, 9.17) is 4.74 Å². The molecule has 2 rings (SSSR count). The molecule has 2 amide bonds. The quantitative estimate of drug-likeness (QED) is 0.819. The van der Waals surface area contributed by atoms with E-state index in [-0.39, 0.29) is 12.6 Å². The molecule has 2 N–H and O–H groups in total. The fourth-order valence-electron chi connectivity index (χ4n) is 2.30. The molecule has 0 aliphatic carbocycles. The molecule has 0 aliphatic rings. The maximum atomic E-state index is 12.5. The van der Waals surface area contributed by atoms with E-state index in [0.717, 1.165) is 11.3 Å². The highest BCUT2D eigenvalue weighted by atomic mass is 16.5.